The standard InChI is InChI=1S/C15H21N3O/c1-4-12(3)18-15(19)7-8-17-14-6-5-13(10-16)11(2)9-14/h5-6,9,12,17H,4,7-8H2,1-3H3,(H,18,19). The highest BCUT2D eigenvalue weighted by atomic mass is 16.1. The van der Waals surface area contributed by atoms with Crippen LogP contribution in [0.4, 0.5) is 5.69 Å². The lowest BCUT2D eigenvalue weighted by atomic mass is 10.1. The molecule has 4 heteroatoms. The number of nitrogens with zero attached hydrogens (tertiary/aromatic N) is 1. The maximum absolute atomic E-state index is 11.6. The van der Waals surface area contributed by atoms with Crippen LogP contribution in [0.1, 0.15) is 37.8 Å². The van der Waals surface area contributed by atoms with Crippen LogP contribution >= 0.6 is 0 Å². The summed E-state index contributed by atoms with van der Waals surface area (Å²) in [7, 11) is 0. The van der Waals surface area contributed by atoms with Gasteiger partial charge in [-0.1, -0.05) is 6.92 Å². The average molecular weight is 259 g/mol. The Kier molecular flexibility index (Phi) is 5.87. The van der Waals surface area contributed by atoms with Crippen LogP contribution in [0.25, 0.3) is 0 Å². The summed E-state index contributed by atoms with van der Waals surface area (Å²) in [5, 5.41) is 15.0. The van der Waals surface area contributed by atoms with E-state index >= 15 is 0 Å². The van der Waals surface area contributed by atoms with Crippen molar-refractivity contribution in [3.05, 3.63) is 29.3 Å². The molecule has 1 aromatic carbocycles. The second-order valence-corrected chi connectivity index (χ2v) is 4.70. The van der Waals surface area contributed by atoms with Crippen molar-refractivity contribution in [1.29, 1.82) is 5.26 Å². The first kappa shape index (κ1) is 15.0. The summed E-state index contributed by atoms with van der Waals surface area (Å²) in [5.41, 5.74) is 2.56. The summed E-state index contributed by atoms with van der Waals surface area (Å²) in [6.45, 7) is 6.53. The van der Waals surface area contributed by atoms with Gasteiger partial charge in [-0.25, -0.2) is 0 Å². The van der Waals surface area contributed by atoms with Crippen LogP contribution in [0, 0.1) is 18.3 Å². The molecule has 2 N–H and O–H groups in total. The molecule has 0 aliphatic rings. The topological polar surface area (TPSA) is 64.9 Å². The Morgan fingerprint density at radius 3 is 2.79 bits per heavy atom. The van der Waals surface area contributed by atoms with Gasteiger partial charge >= 0.3 is 0 Å². The number of rotatable bonds is 6. The molecule has 0 saturated carbocycles. The molecular formula is C15H21N3O. The van der Waals surface area contributed by atoms with Gasteiger partial charge in [0.1, 0.15) is 0 Å². The minimum absolute atomic E-state index is 0.0622. The van der Waals surface area contributed by atoms with Gasteiger partial charge < -0.3 is 10.6 Å². The average Bonchev–Trinajstić information content (AvgIpc) is 2.38. The quantitative estimate of drug-likeness (QED) is 0.825. The van der Waals surface area contributed by atoms with Crippen molar-refractivity contribution in [2.75, 3.05) is 11.9 Å². The molecule has 0 saturated heterocycles. The molecule has 1 rings (SSSR count). The summed E-state index contributed by atoms with van der Waals surface area (Å²) in [6, 6.07) is 7.93. The lowest BCUT2D eigenvalue weighted by molar-refractivity contribution is -0.121. The first-order valence-electron chi connectivity index (χ1n) is 6.60. The maximum Gasteiger partial charge on any atom is 0.221 e. The minimum Gasteiger partial charge on any atom is -0.385 e. The SMILES string of the molecule is CCC(C)NC(=O)CCNc1ccc(C#N)c(C)c1. The van der Waals surface area contributed by atoms with Crippen LogP contribution < -0.4 is 10.6 Å². The molecule has 19 heavy (non-hydrogen) atoms. The highest BCUT2D eigenvalue weighted by molar-refractivity contribution is 5.76. The Morgan fingerprint density at radius 2 is 2.21 bits per heavy atom. The maximum atomic E-state index is 11.6. The number of anilines is 1. The fourth-order valence-electron chi connectivity index (χ4n) is 1.67. The molecule has 1 unspecified atom stereocenters. The minimum atomic E-state index is 0.0622. The van der Waals surface area contributed by atoms with Crippen LogP contribution in [-0.4, -0.2) is 18.5 Å². The second-order valence-electron chi connectivity index (χ2n) is 4.70. The van der Waals surface area contributed by atoms with E-state index in [1.165, 1.54) is 0 Å². The van der Waals surface area contributed by atoms with E-state index in [-0.39, 0.29) is 11.9 Å². The summed E-state index contributed by atoms with van der Waals surface area (Å²) >= 11 is 0. The summed E-state index contributed by atoms with van der Waals surface area (Å²) in [4.78, 5) is 11.6. The molecule has 0 bridgehead atoms. The van der Waals surface area contributed by atoms with Gasteiger partial charge in [0.25, 0.3) is 0 Å². The number of benzene rings is 1. The Bertz CT molecular complexity index is 477. The van der Waals surface area contributed by atoms with Crippen molar-refractivity contribution < 1.29 is 4.79 Å². The number of nitrogens with one attached hydrogen (secondary N) is 2. The van der Waals surface area contributed by atoms with E-state index in [1.807, 2.05) is 32.9 Å². The molecule has 0 radical (unpaired) electrons. The lowest BCUT2D eigenvalue weighted by Gasteiger charge is -2.12. The smallest absolute Gasteiger partial charge is 0.221 e. The van der Waals surface area contributed by atoms with Crippen LogP contribution in [0.5, 0.6) is 0 Å². The van der Waals surface area contributed by atoms with E-state index in [0.717, 1.165) is 17.7 Å². The summed E-state index contributed by atoms with van der Waals surface area (Å²) in [5.74, 6) is 0.0622. The zero-order valence-corrected chi connectivity index (χ0v) is 11.8. The van der Waals surface area contributed by atoms with E-state index in [0.29, 0.717) is 18.5 Å². The largest absolute Gasteiger partial charge is 0.385 e. The third-order valence-corrected chi connectivity index (χ3v) is 3.05. The van der Waals surface area contributed by atoms with Gasteiger partial charge in [0, 0.05) is 24.7 Å². The number of carbonyl (C=O) groups is 1. The molecule has 102 valence electrons. The van der Waals surface area contributed by atoms with Crippen LogP contribution in [0.15, 0.2) is 18.2 Å². The van der Waals surface area contributed by atoms with Crippen molar-refractivity contribution in [3.63, 3.8) is 0 Å². The first-order valence-corrected chi connectivity index (χ1v) is 6.60. The van der Waals surface area contributed by atoms with Gasteiger partial charge in [-0.2, -0.15) is 5.26 Å². The Balaban J connectivity index is 2.39. The van der Waals surface area contributed by atoms with E-state index in [2.05, 4.69) is 16.7 Å². The van der Waals surface area contributed by atoms with Gasteiger partial charge in [-0.05, 0) is 44.0 Å². The highest BCUT2D eigenvalue weighted by Crippen LogP contribution is 2.14. The molecule has 1 aromatic rings. The molecule has 0 heterocycles. The molecule has 1 atom stereocenters. The molecule has 1 amide bonds. The normalized spacial score (nSPS) is 11.5. The van der Waals surface area contributed by atoms with E-state index in [9.17, 15) is 4.79 Å². The van der Waals surface area contributed by atoms with Crippen molar-refractivity contribution in [2.24, 2.45) is 0 Å². The molecule has 0 aromatic heterocycles. The second kappa shape index (κ2) is 7.42. The number of aryl methyl sites for hydroxylation is 1. The zero-order chi connectivity index (χ0) is 14.3. The number of amides is 1. The number of hydrogen-bond donors (Lipinski definition) is 2. The van der Waals surface area contributed by atoms with Crippen molar-refractivity contribution in [1.82, 2.24) is 5.32 Å². The Morgan fingerprint density at radius 1 is 1.47 bits per heavy atom. The van der Waals surface area contributed by atoms with E-state index < -0.39 is 0 Å². The summed E-state index contributed by atoms with van der Waals surface area (Å²) in [6.07, 6.45) is 1.39. The number of carbonyl (C=O) groups excluding carboxylic acids is 1. The third-order valence-electron chi connectivity index (χ3n) is 3.05. The van der Waals surface area contributed by atoms with Crippen molar-refractivity contribution in [3.8, 4) is 6.07 Å². The van der Waals surface area contributed by atoms with Gasteiger partial charge in [-0.3, -0.25) is 4.79 Å². The van der Waals surface area contributed by atoms with Gasteiger partial charge in [0.05, 0.1) is 11.6 Å². The predicted octanol–water partition coefficient (Wildman–Crippen LogP) is 2.58. The molecule has 0 aliphatic carbocycles. The number of hydrogen-bond acceptors (Lipinski definition) is 3. The first-order chi connectivity index (χ1) is 9.06. The summed E-state index contributed by atoms with van der Waals surface area (Å²) < 4.78 is 0. The van der Waals surface area contributed by atoms with Gasteiger partial charge in [0.2, 0.25) is 5.91 Å². The highest BCUT2D eigenvalue weighted by Gasteiger charge is 2.05. The van der Waals surface area contributed by atoms with Crippen molar-refractivity contribution in [2.45, 2.75) is 39.7 Å². The van der Waals surface area contributed by atoms with Crippen LogP contribution in [0.3, 0.4) is 0 Å². The fourth-order valence-corrected chi connectivity index (χ4v) is 1.67. The monoisotopic (exact) mass is 259 g/mol. The van der Waals surface area contributed by atoms with Gasteiger partial charge in [-0.15, -0.1) is 0 Å². The van der Waals surface area contributed by atoms with Crippen molar-refractivity contribution >= 4 is 11.6 Å². The van der Waals surface area contributed by atoms with Gasteiger partial charge in [0.15, 0.2) is 0 Å². The van der Waals surface area contributed by atoms with E-state index in [4.69, 9.17) is 5.26 Å². The lowest BCUT2D eigenvalue weighted by Crippen LogP contribution is -2.32. The number of nitriles is 1. The Hall–Kier alpha value is -2.02. The molecule has 0 spiro atoms. The van der Waals surface area contributed by atoms with E-state index in [1.54, 1.807) is 6.07 Å². The van der Waals surface area contributed by atoms with Crippen LogP contribution in [0.2, 0.25) is 0 Å². The fraction of sp³-hybridized carbons (Fsp3) is 0.467. The molecular weight excluding hydrogens is 238 g/mol. The predicted molar refractivity (Wildman–Crippen MR) is 76.9 cm³/mol. The Labute approximate surface area is 114 Å². The molecule has 4 nitrogen and oxygen atoms in total. The zero-order valence-electron chi connectivity index (χ0n) is 11.8. The van der Waals surface area contributed by atoms with Crippen LogP contribution in [-0.2, 0) is 4.79 Å². The molecule has 0 aliphatic heterocycles. The molecule has 0 fully saturated rings. The third kappa shape index (κ3) is 5.01.